The predicted molar refractivity (Wildman–Crippen MR) is 102 cm³/mol. The van der Waals surface area contributed by atoms with Crippen molar-refractivity contribution in [3.8, 4) is 11.9 Å². The molecule has 1 fully saturated rings. The lowest BCUT2D eigenvalue weighted by Crippen LogP contribution is -2.39. The highest BCUT2D eigenvalue weighted by atomic mass is 16.5. The van der Waals surface area contributed by atoms with Gasteiger partial charge in [-0.25, -0.2) is 4.98 Å². The highest BCUT2D eigenvalue weighted by Crippen LogP contribution is 2.37. The molecule has 1 saturated heterocycles. The van der Waals surface area contributed by atoms with Gasteiger partial charge >= 0.3 is 0 Å². The summed E-state index contributed by atoms with van der Waals surface area (Å²) in [6.45, 7) is 10.1. The van der Waals surface area contributed by atoms with Crippen molar-refractivity contribution < 1.29 is 14.3 Å². The first-order valence-electron chi connectivity index (χ1n) is 9.82. The lowest BCUT2D eigenvalue weighted by molar-refractivity contribution is -0.134. The van der Waals surface area contributed by atoms with E-state index in [-0.39, 0.29) is 29.9 Å². The monoisotopic (exact) mass is 371 g/mol. The molecule has 0 bridgehead atoms. The molecule has 146 valence electrons. The quantitative estimate of drug-likeness (QED) is 0.811. The number of rotatable bonds is 4. The average molecular weight is 371 g/mol. The Labute approximate surface area is 161 Å². The van der Waals surface area contributed by atoms with Gasteiger partial charge in [0.2, 0.25) is 5.88 Å². The minimum absolute atomic E-state index is 0.0344. The summed E-state index contributed by atoms with van der Waals surface area (Å²) in [6.07, 6.45) is 3.88. The molecule has 1 amide bonds. The number of amides is 1. The summed E-state index contributed by atoms with van der Waals surface area (Å²) in [4.78, 5) is 18.9. The maximum Gasteiger partial charge on any atom is 0.260 e. The molecule has 0 unspecified atom stereocenters. The summed E-state index contributed by atoms with van der Waals surface area (Å²) in [6, 6.07) is 2.26. The van der Waals surface area contributed by atoms with E-state index in [1.54, 1.807) is 0 Å². The molecule has 0 spiro atoms. The Bertz CT molecular complexity index is 759. The van der Waals surface area contributed by atoms with Gasteiger partial charge in [0.25, 0.3) is 5.91 Å². The van der Waals surface area contributed by atoms with Crippen LogP contribution in [0.4, 0.5) is 0 Å². The van der Waals surface area contributed by atoms with E-state index < -0.39 is 0 Å². The fraction of sp³-hybridized carbons (Fsp3) is 0.667. The number of carbonyl (C=O) groups is 1. The van der Waals surface area contributed by atoms with Crippen LogP contribution in [0.15, 0.2) is 0 Å². The van der Waals surface area contributed by atoms with Crippen LogP contribution in [-0.2, 0) is 22.6 Å². The van der Waals surface area contributed by atoms with Gasteiger partial charge in [0.15, 0.2) is 6.61 Å². The van der Waals surface area contributed by atoms with Crippen molar-refractivity contribution in [3.05, 3.63) is 22.4 Å². The lowest BCUT2D eigenvalue weighted by Gasteiger charge is -2.34. The maximum atomic E-state index is 12.5. The van der Waals surface area contributed by atoms with Crippen LogP contribution in [0.5, 0.6) is 5.88 Å². The van der Waals surface area contributed by atoms with Gasteiger partial charge in [-0.2, -0.15) is 5.26 Å². The molecule has 6 nitrogen and oxygen atoms in total. The van der Waals surface area contributed by atoms with Crippen LogP contribution in [0, 0.1) is 11.3 Å². The number of nitriles is 1. The summed E-state index contributed by atoms with van der Waals surface area (Å²) in [5, 5.41) is 9.78. The molecule has 3 rings (SSSR count). The molecule has 0 N–H and O–H groups in total. The minimum Gasteiger partial charge on any atom is -0.467 e. The van der Waals surface area contributed by atoms with E-state index in [2.05, 4.69) is 24.9 Å². The largest absolute Gasteiger partial charge is 0.467 e. The summed E-state index contributed by atoms with van der Waals surface area (Å²) in [7, 11) is 0. The zero-order valence-electron chi connectivity index (χ0n) is 16.8. The van der Waals surface area contributed by atoms with E-state index in [0.29, 0.717) is 18.6 Å². The molecule has 2 aliphatic heterocycles. The van der Waals surface area contributed by atoms with Crippen molar-refractivity contribution in [2.24, 2.45) is 0 Å². The first kappa shape index (κ1) is 19.6. The van der Waals surface area contributed by atoms with Crippen molar-refractivity contribution in [2.45, 2.75) is 71.5 Å². The van der Waals surface area contributed by atoms with Gasteiger partial charge in [0, 0.05) is 25.1 Å². The number of hydrogen-bond donors (Lipinski definition) is 0. The Kier molecular flexibility index (Phi) is 5.71. The first-order valence-corrected chi connectivity index (χ1v) is 9.82. The number of ether oxygens (including phenoxy) is 2. The van der Waals surface area contributed by atoms with Crippen molar-refractivity contribution in [3.63, 3.8) is 0 Å². The van der Waals surface area contributed by atoms with Crippen LogP contribution in [-0.4, -0.2) is 41.1 Å². The first-order chi connectivity index (χ1) is 12.8. The van der Waals surface area contributed by atoms with Crippen LogP contribution in [0.1, 0.15) is 75.3 Å². The molecule has 6 heteroatoms. The number of hydrogen-bond acceptors (Lipinski definition) is 5. The smallest absolute Gasteiger partial charge is 0.260 e. The molecule has 27 heavy (non-hydrogen) atoms. The van der Waals surface area contributed by atoms with Gasteiger partial charge in [-0.05, 0) is 44.6 Å². The highest BCUT2D eigenvalue weighted by Gasteiger charge is 2.33. The second-order valence-corrected chi connectivity index (χ2v) is 8.36. The molecule has 0 saturated carbocycles. The summed E-state index contributed by atoms with van der Waals surface area (Å²) in [5.41, 5.74) is 2.94. The molecule has 0 aromatic carbocycles. The van der Waals surface area contributed by atoms with E-state index in [9.17, 15) is 10.1 Å². The Morgan fingerprint density at radius 1 is 1.30 bits per heavy atom. The highest BCUT2D eigenvalue weighted by molar-refractivity contribution is 5.78. The fourth-order valence-corrected chi connectivity index (χ4v) is 3.83. The number of carbonyl (C=O) groups excluding carboxylic acids is 1. The molecular formula is C21H29N3O3. The van der Waals surface area contributed by atoms with Gasteiger partial charge in [-0.15, -0.1) is 0 Å². The minimum atomic E-state index is -0.338. The van der Waals surface area contributed by atoms with Crippen LogP contribution < -0.4 is 4.74 Å². The third kappa shape index (κ3) is 4.24. The third-order valence-corrected chi connectivity index (χ3v) is 5.32. The van der Waals surface area contributed by atoms with E-state index in [0.717, 1.165) is 42.8 Å². The Balaban J connectivity index is 1.89. The average Bonchev–Trinajstić information content (AvgIpc) is 2.64. The van der Waals surface area contributed by atoms with Crippen LogP contribution in [0.3, 0.4) is 0 Å². The van der Waals surface area contributed by atoms with Gasteiger partial charge in [0.05, 0.1) is 17.9 Å². The molecule has 1 aromatic heterocycles. The summed E-state index contributed by atoms with van der Waals surface area (Å²) in [5.74, 6) is 0.423. The number of nitrogens with zero attached hydrogens (tertiary/aromatic N) is 3. The van der Waals surface area contributed by atoms with E-state index >= 15 is 0 Å². The molecule has 0 atom stereocenters. The molecule has 0 radical (unpaired) electrons. The van der Waals surface area contributed by atoms with E-state index in [1.807, 2.05) is 18.7 Å². The van der Waals surface area contributed by atoms with Gasteiger partial charge in [0.1, 0.15) is 11.6 Å². The topological polar surface area (TPSA) is 75.5 Å². The zero-order chi connectivity index (χ0) is 19.6. The molecule has 2 aliphatic rings. The molecule has 3 heterocycles. The normalized spacial score (nSPS) is 18.7. The van der Waals surface area contributed by atoms with E-state index in [1.165, 1.54) is 6.42 Å². The van der Waals surface area contributed by atoms with E-state index in [4.69, 9.17) is 9.47 Å². The SMILES string of the molecule is CC(C)c1nc(OCC(=O)N2CCCCC2)c(C#N)c2c1COC(C)(C)C2. The number of aromatic nitrogens is 1. The Morgan fingerprint density at radius 2 is 2.00 bits per heavy atom. The Hall–Kier alpha value is -2.13. The number of pyridine rings is 1. The summed E-state index contributed by atoms with van der Waals surface area (Å²) < 4.78 is 11.8. The van der Waals surface area contributed by atoms with Crippen molar-refractivity contribution in [1.82, 2.24) is 9.88 Å². The van der Waals surface area contributed by atoms with Gasteiger partial charge in [-0.1, -0.05) is 13.8 Å². The van der Waals surface area contributed by atoms with Crippen molar-refractivity contribution in [1.29, 1.82) is 5.26 Å². The van der Waals surface area contributed by atoms with Gasteiger partial charge in [-0.3, -0.25) is 4.79 Å². The molecule has 1 aromatic rings. The second kappa shape index (κ2) is 7.85. The zero-order valence-corrected chi connectivity index (χ0v) is 16.8. The van der Waals surface area contributed by atoms with Crippen LogP contribution >= 0.6 is 0 Å². The Morgan fingerprint density at radius 3 is 2.63 bits per heavy atom. The van der Waals surface area contributed by atoms with Crippen molar-refractivity contribution >= 4 is 5.91 Å². The fourth-order valence-electron chi connectivity index (χ4n) is 3.83. The second-order valence-electron chi connectivity index (χ2n) is 8.36. The van der Waals surface area contributed by atoms with Gasteiger partial charge < -0.3 is 14.4 Å². The van der Waals surface area contributed by atoms with Crippen molar-refractivity contribution in [2.75, 3.05) is 19.7 Å². The number of piperidine rings is 1. The molecule has 0 aliphatic carbocycles. The predicted octanol–water partition coefficient (Wildman–Crippen LogP) is 3.32. The number of likely N-dealkylation sites (tertiary alicyclic amines) is 1. The van der Waals surface area contributed by atoms with Crippen LogP contribution in [0.25, 0.3) is 0 Å². The molecular weight excluding hydrogens is 342 g/mol. The standard InChI is InChI=1S/C21H29N3O3/c1-14(2)19-17-12-27-21(3,4)10-15(17)16(11-22)20(23-19)26-13-18(25)24-8-6-5-7-9-24/h14H,5-10,12-13H2,1-4H3. The van der Waals surface area contributed by atoms with Crippen LogP contribution in [0.2, 0.25) is 0 Å². The number of fused-ring (bicyclic) bond motifs is 1. The maximum absolute atomic E-state index is 12.5. The summed E-state index contributed by atoms with van der Waals surface area (Å²) >= 11 is 0. The lowest BCUT2D eigenvalue weighted by atomic mass is 9.86. The third-order valence-electron chi connectivity index (χ3n) is 5.32.